The van der Waals surface area contributed by atoms with Gasteiger partial charge in [0.1, 0.15) is 0 Å². The summed E-state index contributed by atoms with van der Waals surface area (Å²) in [6.07, 6.45) is 0. The highest BCUT2D eigenvalue weighted by atomic mass is 15.1. The molecule has 0 fully saturated rings. The van der Waals surface area contributed by atoms with E-state index < -0.39 is 30.2 Å². The van der Waals surface area contributed by atoms with Gasteiger partial charge in [-0.25, -0.2) is 0 Å². The Morgan fingerprint density at radius 2 is 1.13 bits per heavy atom. The van der Waals surface area contributed by atoms with Crippen molar-refractivity contribution in [1.82, 2.24) is 0 Å². The number of nitrogens with zero attached hydrogens (tertiary/aromatic N) is 1. The maximum absolute atomic E-state index is 9.14. The van der Waals surface area contributed by atoms with Crippen LogP contribution in [0, 0.1) is 0 Å². The molecule has 0 aromatic heterocycles. The highest BCUT2D eigenvalue weighted by molar-refractivity contribution is 6.00. The van der Waals surface area contributed by atoms with Gasteiger partial charge in [0.15, 0.2) is 0 Å². The van der Waals surface area contributed by atoms with Crippen molar-refractivity contribution in [2.45, 2.75) is 0 Å². The van der Waals surface area contributed by atoms with Gasteiger partial charge in [0.05, 0.1) is 15.3 Å². The standard InChI is InChI=1S/C38H27N/c1-2-11-28(12-3-1)29-23-25-33(26-24-29)39(38-22-10-16-31-14-5-7-20-37(31)38)34-18-8-17-32(27-34)36-21-9-15-30-13-4-6-19-35(30)36/h1-27H/i5D,7D,10D,14D,16D,20D,22D. The van der Waals surface area contributed by atoms with Crippen LogP contribution < -0.4 is 4.90 Å². The van der Waals surface area contributed by atoms with Crippen molar-refractivity contribution in [2.24, 2.45) is 0 Å². The molecular formula is C38H27N. The minimum Gasteiger partial charge on any atom is -0.310 e. The topological polar surface area (TPSA) is 3.24 Å². The van der Waals surface area contributed by atoms with Gasteiger partial charge in [-0.05, 0) is 68.7 Å². The predicted molar refractivity (Wildman–Crippen MR) is 167 cm³/mol. The quantitative estimate of drug-likeness (QED) is 0.225. The number of anilines is 3. The first-order chi connectivity index (χ1) is 22.3. The zero-order chi connectivity index (χ0) is 32.1. The Kier molecular flexibility index (Phi) is 4.25. The number of rotatable bonds is 5. The minimum absolute atomic E-state index is 0.0275. The molecule has 0 aliphatic carbocycles. The van der Waals surface area contributed by atoms with E-state index in [9.17, 15) is 0 Å². The smallest absolute Gasteiger partial charge is 0.0645 e. The molecule has 0 aliphatic heterocycles. The lowest BCUT2D eigenvalue weighted by molar-refractivity contribution is 1.30. The Morgan fingerprint density at radius 1 is 0.436 bits per heavy atom. The van der Waals surface area contributed by atoms with Crippen molar-refractivity contribution >= 4 is 38.6 Å². The Bertz CT molecular complexity index is 2270. The van der Waals surface area contributed by atoms with Crippen LogP contribution in [0.1, 0.15) is 9.60 Å². The average Bonchev–Trinajstić information content (AvgIpc) is 3.10. The summed E-state index contributed by atoms with van der Waals surface area (Å²) in [5, 5.41) is 2.12. The third-order valence-electron chi connectivity index (χ3n) is 6.95. The molecular weight excluding hydrogens is 470 g/mol. The van der Waals surface area contributed by atoms with Crippen LogP contribution in [-0.4, -0.2) is 0 Å². The Labute approximate surface area is 239 Å². The van der Waals surface area contributed by atoms with Crippen molar-refractivity contribution in [2.75, 3.05) is 4.90 Å². The minimum atomic E-state index is -0.481. The van der Waals surface area contributed by atoms with E-state index in [1.54, 1.807) is 4.90 Å². The van der Waals surface area contributed by atoms with Gasteiger partial charge in [0.2, 0.25) is 0 Å². The number of benzene rings is 7. The number of fused-ring (bicyclic) bond motifs is 2. The fourth-order valence-electron chi connectivity index (χ4n) is 5.10. The van der Waals surface area contributed by atoms with E-state index in [1.807, 2.05) is 97.1 Å². The number of hydrogen-bond donors (Lipinski definition) is 0. The summed E-state index contributed by atoms with van der Waals surface area (Å²) in [5.41, 5.74) is 5.33. The van der Waals surface area contributed by atoms with Crippen LogP contribution >= 0.6 is 0 Å². The van der Waals surface area contributed by atoms with Crippen LogP contribution in [0.15, 0.2) is 164 Å². The van der Waals surface area contributed by atoms with E-state index in [2.05, 4.69) is 24.3 Å². The van der Waals surface area contributed by atoms with E-state index in [4.69, 9.17) is 9.60 Å². The Balaban J connectivity index is 1.53. The van der Waals surface area contributed by atoms with Gasteiger partial charge in [-0.1, -0.05) is 133 Å². The molecule has 0 atom stereocenters. The summed E-state index contributed by atoms with van der Waals surface area (Å²) in [6, 6.07) is 36.9. The van der Waals surface area contributed by atoms with Gasteiger partial charge < -0.3 is 4.90 Å². The highest BCUT2D eigenvalue weighted by Crippen LogP contribution is 2.41. The summed E-state index contributed by atoms with van der Waals surface area (Å²) in [6.45, 7) is 0. The van der Waals surface area contributed by atoms with E-state index in [1.165, 1.54) is 0 Å². The molecule has 39 heavy (non-hydrogen) atoms. The summed E-state index contributed by atoms with van der Waals surface area (Å²) in [4.78, 5) is 1.77. The molecule has 0 spiro atoms. The summed E-state index contributed by atoms with van der Waals surface area (Å²) in [7, 11) is 0. The molecule has 7 aromatic rings. The molecule has 0 aliphatic rings. The second kappa shape index (κ2) is 9.96. The van der Waals surface area contributed by atoms with Crippen molar-refractivity contribution in [3.63, 3.8) is 0 Å². The van der Waals surface area contributed by atoms with Crippen LogP contribution in [-0.2, 0) is 0 Å². The average molecular weight is 505 g/mol. The van der Waals surface area contributed by atoms with Gasteiger partial charge in [0.25, 0.3) is 0 Å². The van der Waals surface area contributed by atoms with E-state index >= 15 is 0 Å². The van der Waals surface area contributed by atoms with Crippen molar-refractivity contribution in [3.8, 4) is 22.3 Å². The lowest BCUT2D eigenvalue weighted by atomic mass is 9.97. The maximum Gasteiger partial charge on any atom is 0.0645 e. The van der Waals surface area contributed by atoms with Crippen LogP contribution in [0.25, 0.3) is 43.8 Å². The monoisotopic (exact) mass is 504 g/mol. The van der Waals surface area contributed by atoms with Crippen molar-refractivity contribution in [3.05, 3.63) is 164 Å². The van der Waals surface area contributed by atoms with Gasteiger partial charge in [-0.3, -0.25) is 0 Å². The molecule has 0 unspecified atom stereocenters. The third-order valence-corrected chi connectivity index (χ3v) is 6.95. The van der Waals surface area contributed by atoms with Crippen LogP contribution in [0.3, 0.4) is 0 Å². The molecule has 0 saturated heterocycles. The summed E-state index contributed by atoms with van der Waals surface area (Å²) < 4.78 is 60.9. The highest BCUT2D eigenvalue weighted by Gasteiger charge is 2.16. The fourth-order valence-corrected chi connectivity index (χ4v) is 5.10. The van der Waals surface area contributed by atoms with E-state index in [-0.39, 0.29) is 28.5 Å². The van der Waals surface area contributed by atoms with Crippen molar-refractivity contribution in [1.29, 1.82) is 0 Å². The zero-order valence-corrected chi connectivity index (χ0v) is 21.0. The van der Waals surface area contributed by atoms with Crippen LogP contribution in [0.5, 0.6) is 0 Å². The lowest BCUT2D eigenvalue weighted by Crippen LogP contribution is -2.10. The molecule has 0 N–H and O–H groups in total. The first kappa shape index (κ1) is 16.7. The number of hydrogen-bond acceptors (Lipinski definition) is 1. The molecule has 0 heterocycles. The van der Waals surface area contributed by atoms with Gasteiger partial charge in [-0.2, -0.15) is 0 Å². The van der Waals surface area contributed by atoms with E-state index in [0.717, 1.165) is 33.0 Å². The lowest BCUT2D eigenvalue weighted by Gasteiger charge is -2.27. The van der Waals surface area contributed by atoms with Gasteiger partial charge >= 0.3 is 0 Å². The molecule has 184 valence electrons. The SMILES string of the molecule is [2H]c1c([2H])c([2H])c2c(N(c3ccc(-c4ccccc4)cc3)c3cccc(-c4cccc5ccccc45)c3)c([2H])c([2H])c([2H])c2c1[2H]. The molecule has 0 radical (unpaired) electrons. The molecule has 7 rings (SSSR count). The molecule has 0 saturated carbocycles. The van der Waals surface area contributed by atoms with Crippen LogP contribution in [0.4, 0.5) is 17.1 Å². The van der Waals surface area contributed by atoms with Gasteiger partial charge in [-0.15, -0.1) is 0 Å². The molecule has 7 aromatic carbocycles. The maximum atomic E-state index is 9.14. The molecule has 0 bridgehead atoms. The molecule has 1 heteroatoms. The van der Waals surface area contributed by atoms with Crippen LogP contribution in [0.2, 0.25) is 0 Å². The molecule has 0 amide bonds. The fraction of sp³-hybridized carbons (Fsp3) is 0. The first-order valence-electron chi connectivity index (χ1n) is 16.3. The summed E-state index contributed by atoms with van der Waals surface area (Å²) in [5.74, 6) is 0. The molecule has 1 nitrogen and oxygen atoms in total. The zero-order valence-electron chi connectivity index (χ0n) is 28.0. The Morgan fingerprint density at radius 3 is 2.03 bits per heavy atom. The third kappa shape index (κ3) is 4.35. The van der Waals surface area contributed by atoms with Gasteiger partial charge in [0, 0.05) is 16.8 Å². The van der Waals surface area contributed by atoms with E-state index in [0.29, 0.717) is 11.4 Å². The second-order valence-corrected chi connectivity index (χ2v) is 9.30. The largest absolute Gasteiger partial charge is 0.310 e. The first-order valence-corrected chi connectivity index (χ1v) is 12.8. The summed E-state index contributed by atoms with van der Waals surface area (Å²) >= 11 is 0. The second-order valence-electron chi connectivity index (χ2n) is 9.30. The normalized spacial score (nSPS) is 13.6. The van der Waals surface area contributed by atoms with Crippen molar-refractivity contribution < 1.29 is 9.60 Å². The predicted octanol–water partition coefficient (Wildman–Crippen LogP) is 10.8. The Hall–Kier alpha value is -5.14.